The van der Waals surface area contributed by atoms with Crippen LogP contribution in [0.2, 0.25) is 0 Å². The first kappa shape index (κ1) is 12.1. The van der Waals surface area contributed by atoms with Crippen molar-refractivity contribution in [3.63, 3.8) is 0 Å². The highest BCUT2D eigenvalue weighted by atomic mass is 32.2. The SMILES string of the molecule is COC(=O)c1occc1CSC(C)CN. The number of rotatable bonds is 5. The van der Waals surface area contributed by atoms with Crippen molar-refractivity contribution in [2.24, 2.45) is 5.73 Å². The quantitative estimate of drug-likeness (QED) is 0.778. The largest absolute Gasteiger partial charge is 0.463 e. The van der Waals surface area contributed by atoms with Crippen LogP contribution in [0.1, 0.15) is 23.0 Å². The molecular formula is C10H15NO3S. The summed E-state index contributed by atoms with van der Waals surface area (Å²) >= 11 is 1.68. The summed E-state index contributed by atoms with van der Waals surface area (Å²) in [6, 6.07) is 1.78. The van der Waals surface area contributed by atoms with Gasteiger partial charge in [0.1, 0.15) is 0 Å². The zero-order valence-electron chi connectivity index (χ0n) is 8.86. The zero-order valence-corrected chi connectivity index (χ0v) is 9.67. The van der Waals surface area contributed by atoms with Crippen LogP contribution in [-0.4, -0.2) is 24.9 Å². The first-order valence-corrected chi connectivity index (χ1v) is 5.70. The molecule has 4 nitrogen and oxygen atoms in total. The van der Waals surface area contributed by atoms with Gasteiger partial charge in [0.05, 0.1) is 13.4 Å². The van der Waals surface area contributed by atoms with Crippen LogP contribution >= 0.6 is 11.8 Å². The second-order valence-electron chi connectivity index (χ2n) is 3.12. The summed E-state index contributed by atoms with van der Waals surface area (Å²) in [7, 11) is 1.34. The van der Waals surface area contributed by atoms with Crippen LogP contribution in [0, 0.1) is 0 Å². The third kappa shape index (κ3) is 3.28. The molecule has 1 atom stereocenters. The summed E-state index contributed by atoms with van der Waals surface area (Å²) in [5.74, 6) is 0.560. The van der Waals surface area contributed by atoms with Gasteiger partial charge in [0.15, 0.2) is 0 Å². The molecule has 1 aromatic rings. The molecule has 0 aliphatic heterocycles. The number of hydrogen-bond acceptors (Lipinski definition) is 5. The normalized spacial score (nSPS) is 12.5. The summed E-state index contributed by atoms with van der Waals surface area (Å²) in [4.78, 5) is 11.3. The molecule has 0 aromatic carbocycles. The van der Waals surface area contributed by atoms with Crippen molar-refractivity contribution >= 4 is 17.7 Å². The van der Waals surface area contributed by atoms with Gasteiger partial charge < -0.3 is 14.9 Å². The van der Waals surface area contributed by atoms with Crippen LogP contribution in [-0.2, 0) is 10.5 Å². The maximum atomic E-state index is 11.3. The lowest BCUT2D eigenvalue weighted by Crippen LogP contribution is -2.13. The second kappa shape index (κ2) is 5.82. The van der Waals surface area contributed by atoms with Crippen molar-refractivity contribution in [3.8, 4) is 0 Å². The molecule has 1 aromatic heterocycles. The van der Waals surface area contributed by atoms with Gasteiger partial charge in [0.2, 0.25) is 5.76 Å². The fourth-order valence-corrected chi connectivity index (χ4v) is 1.85. The van der Waals surface area contributed by atoms with Gasteiger partial charge >= 0.3 is 5.97 Å². The molecule has 0 spiro atoms. The maximum absolute atomic E-state index is 11.3. The summed E-state index contributed by atoms with van der Waals surface area (Å²) in [5, 5.41) is 0.366. The number of hydrogen-bond donors (Lipinski definition) is 1. The van der Waals surface area contributed by atoms with Crippen LogP contribution in [0.25, 0.3) is 0 Å². The molecule has 1 unspecified atom stereocenters. The third-order valence-electron chi connectivity index (χ3n) is 1.97. The van der Waals surface area contributed by atoms with E-state index in [4.69, 9.17) is 10.2 Å². The molecule has 0 fully saturated rings. The Bertz CT molecular complexity index is 324. The van der Waals surface area contributed by atoms with E-state index < -0.39 is 5.97 Å². The van der Waals surface area contributed by atoms with Crippen LogP contribution < -0.4 is 5.73 Å². The molecule has 84 valence electrons. The van der Waals surface area contributed by atoms with Crippen molar-refractivity contribution in [3.05, 3.63) is 23.7 Å². The summed E-state index contributed by atoms with van der Waals surface area (Å²) in [6.45, 7) is 2.67. The smallest absolute Gasteiger partial charge is 0.374 e. The van der Waals surface area contributed by atoms with E-state index in [9.17, 15) is 4.79 Å². The summed E-state index contributed by atoms with van der Waals surface area (Å²) in [6.07, 6.45) is 1.50. The fourth-order valence-electron chi connectivity index (χ4n) is 1.02. The van der Waals surface area contributed by atoms with Gasteiger partial charge in [0.25, 0.3) is 0 Å². The molecule has 1 heterocycles. The van der Waals surface area contributed by atoms with Crippen LogP contribution in [0.4, 0.5) is 0 Å². The van der Waals surface area contributed by atoms with E-state index in [-0.39, 0.29) is 5.76 Å². The van der Waals surface area contributed by atoms with E-state index in [1.54, 1.807) is 17.8 Å². The molecule has 1 rings (SSSR count). The van der Waals surface area contributed by atoms with E-state index in [0.29, 0.717) is 17.5 Å². The lowest BCUT2D eigenvalue weighted by atomic mass is 10.3. The Labute approximate surface area is 93.2 Å². The van der Waals surface area contributed by atoms with E-state index in [1.807, 2.05) is 6.92 Å². The molecule has 5 heteroatoms. The minimum absolute atomic E-state index is 0.286. The number of thioether (sulfide) groups is 1. The van der Waals surface area contributed by atoms with Gasteiger partial charge in [0, 0.05) is 23.1 Å². The first-order chi connectivity index (χ1) is 7.19. The predicted molar refractivity (Wildman–Crippen MR) is 59.9 cm³/mol. The van der Waals surface area contributed by atoms with E-state index in [0.717, 1.165) is 5.56 Å². The number of carbonyl (C=O) groups excluding carboxylic acids is 1. The van der Waals surface area contributed by atoms with Gasteiger partial charge in [-0.2, -0.15) is 11.8 Å². The summed E-state index contributed by atoms with van der Waals surface area (Å²) < 4.78 is 9.67. The average Bonchev–Trinajstić information content (AvgIpc) is 2.72. The molecule has 0 saturated carbocycles. The topological polar surface area (TPSA) is 65.5 Å². The van der Waals surface area contributed by atoms with Gasteiger partial charge in [-0.3, -0.25) is 0 Å². The molecule has 2 N–H and O–H groups in total. The molecule has 0 amide bonds. The van der Waals surface area contributed by atoms with Gasteiger partial charge in [-0.05, 0) is 6.07 Å². The van der Waals surface area contributed by atoms with E-state index >= 15 is 0 Å². The van der Waals surface area contributed by atoms with Gasteiger partial charge in [-0.1, -0.05) is 6.92 Å². The highest BCUT2D eigenvalue weighted by Gasteiger charge is 2.16. The monoisotopic (exact) mass is 229 g/mol. The Hall–Kier alpha value is -0.940. The average molecular weight is 229 g/mol. The molecular weight excluding hydrogens is 214 g/mol. The Morgan fingerprint density at radius 1 is 1.73 bits per heavy atom. The van der Waals surface area contributed by atoms with Crippen molar-refractivity contribution in [1.82, 2.24) is 0 Å². The lowest BCUT2D eigenvalue weighted by molar-refractivity contribution is 0.0564. The Morgan fingerprint density at radius 2 is 2.47 bits per heavy atom. The first-order valence-electron chi connectivity index (χ1n) is 4.65. The van der Waals surface area contributed by atoms with Crippen molar-refractivity contribution < 1.29 is 13.9 Å². The van der Waals surface area contributed by atoms with Crippen LogP contribution in [0.5, 0.6) is 0 Å². The molecule has 0 aliphatic rings. The minimum atomic E-state index is -0.434. The highest BCUT2D eigenvalue weighted by molar-refractivity contribution is 7.99. The second-order valence-corrected chi connectivity index (χ2v) is 4.55. The van der Waals surface area contributed by atoms with E-state index in [1.165, 1.54) is 13.4 Å². The fraction of sp³-hybridized carbons (Fsp3) is 0.500. The van der Waals surface area contributed by atoms with E-state index in [2.05, 4.69) is 4.74 Å². The highest BCUT2D eigenvalue weighted by Crippen LogP contribution is 2.21. The standard InChI is InChI=1S/C10H15NO3S/c1-7(5-11)15-6-8-3-4-14-9(8)10(12)13-2/h3-4,7H,5-6,11H2,1-2H3. The van der Waals surface area contributed by atoms with Crippen LogP contribution in [0.3, 0.4) is 0 Å². The number of methoxy groups -OCH3 is 1. The number of carbonyl (C=O) groups is 1. The van der Waals surface area contributed by atoms with Gasteiger partial charge in [-0.15, -0.1) is 0 Å². The van der Waals surface area contributed by atoms with Crippen molar-refractivity contribution in [1.29, 1.82) is 0 Å². The molecule has 15 heavy (non-hydrogen) atoms. The van der Waals surface area contributed by atoms with Crippen molar-refractivity contribution in [2.75, 3.05) is 13.7 Å². The lowest BCUT2D eigenvalue weighted by Gasteiger charge is -2.07. The third-order valence-corrected chi connectivity index (χ3v) is 3.21. The number of ether oxygens (including phenoxy) is 1. The molecule has 0 saturated heterocycles. The minimum Gasteiger partial charge on any atom is -0.463 e. The molecule has 0 aliphatic carbocycles. The number of esters is 1. The number of nitrogens with two attached hydrogens (primary N) is 1. The molecule has 0 radical (unpaired) electrons. The maximum Gasteiger partial charge on any atom is 0.374 e. The Kier molecular flexibility index (Phi) is 4.71. The van der Waals surface area contributed by atoms with Crippen molar-refractivity contribution in [2.45, 2.75) is 17.9 Å². The Balaban J connectivity index is 2.61. The van der Waals surface area contributed by atoms with Gasteiger partial charge in [-0.25, -0.2) is 4.79 Å². The Morgan fingerprint density at radius 3 is 3.07 bits per heavy atom. The number of furan rings is 1. The van der Waals surface area contributed by atoms with Crippen LogP contribution in [0.15, 0.2) is 16.7 Å². The predicted octanol–water partition coefficient (Wildman–Crippen LogP) is 1.65. The molecule has 0 bridgehead atoms. The summed E-state index contributed by atoms with van der Waals surface area (Å²) in [5.41, 5.74) is 6.35. The zero-order chi connectivity index (χ0) is 11.3.